The predicted octanol–water partition coefficient (Wildman–Crippen LogP) is -0.386. The second-order valence-corrected chi connectivity index (χ2v) is 6.95. The quantitative estimate of drug-likeness (QED) is 0.617. The van der Waals surface area contributed by atoms with Crippen molar-refractivity contribution in [2.75, 3.05) is 59.0 Å². The van der Waals surface area contributed by atoms with E-state index < -0.39 is 11.8 Å². The molecule has 0 atom stereocenters. The number of rotatable bonds is 5. The van der Waals surface area contributed by atoms with Crippen LogP contribution < -0.4 is 0 Å². The average Bonchev–Trinajstić information content (AvgIpc) is 2.63. The highest BCUT2D eigenvalue weighted by atomic mass is 16.6. The molecule has 2 saturated heterocycles. The number of carbonyl (C=O) groups excluding carboxylic acids is 4. The first-order valence-electron chi connectivity index (χ1n) is 9.11. The first-order chi connectivity index (χ1) is 12.3. The van der Waals surface area contributed by atoms with Gasteiger partial charge < -0.3 is 24.3 Å². The number of nitrogens with zero attached hydrogens (tertiary/aromatic N) is 4. The predicted molar refractivity (Wildman–Crippen MR) is 93.2 cm³/mol. The van der Waals surface area contributed by atoms with Gasteiger partial charge >= 0.3 is 17.9 Å². The minimum atomic E-state index is -0.623. The van der Waals surface area contributed by atoms with Crippen molar-refractivity contribution in [3.8, 4) is 0 Å². The number of likely N-dealkylation sites (N-methyl/N-ethyl adjacent to an activating group) is 1. The summed E-state index contributed by atoms with van der Waals surface area (Å²) < 4.78 is 5.20. The molecule has 0 aromatic heterocycles. The van der Waals surface area contributed by atoms with E-state index in [4.69, 9.17) is 4.74 Å². The van der Waals surface area contributed by atoms with Crippen molar-refractivity contribution < 1.29 is 23.9 Å². The molecular formula is C17H28N4O5. The Morgan fingerprint density at radius 1 is 0.923 bits per heavy atom. The van der Waals surface area contributed by atoms with Gasteiger partial charge in [0.05, 0.1) is 6.61 Å². The van der Waals surface area contributed by atoms with Crippen LogP contribution in [0.5, 0.6) is 0 Å². The minimum Gasteiger partial charge on any atom is -0.449 e. The van der Waals surface area contributed by atoms with Crippen LogP contribution in [0.1, 0.15) is 20.8 Å². The molecule has 9 heteroatoms. The van der Waals surface area contributed by atoms with Crippen molar-refractivity contribution in [1.29, 1.82) is 0 Å². The lowest BCUT2D eigenvalue weighted by molar-refractivity contribution is -0.157. The lowest BCUT2D eigenvalue weighted by atomic mass is 10.2. The average molecular weight is 368 g/mol. The summed E-state index contributed by atoms with van der Waals surface area (Å²) in [4.78, 5) is 54.3. The number of hydrogen-bond donors (Lipinski definition) is 0. The van der Waals surface area contributed by atoms with Gasteiger partial charge in [0.25, 0.3) is 0 Å². The van der Waals surface area contributed by atoms with Crippen LogP contribution >= 0.6 is 0 Å². The Kier molecular flexibility index (Phi) is 6.82. The van der Waals surface area contributed by atoms with Crippen molar-refractivity contribution in [2.24, 2.45) is 5.92 Å². The molecule has 2 fully saturated rings. The van der Waals surface area contributed by atoms with Crippen LogP contribution in [-0.2, 0) is 19.1 Å². The Morgan fingerprint density at radius 3 is 2.04 bits per heavy atom. The molecule has 2 heterocycles. The summed E-state index contributed by atoms with van der Waals surface area (Å²) >= 11 is 0. The highest BCUT2D eigenvalue weighted by molar-refractivity contribution is 6.35. The third-order valence-corrected chi connectivity index (χ3v) is 4.54. The fraction of sp³-hybridized carbons (Fsp3) is 0.765. The number of hydrogen-bond acceptors (Lipinski definition) is 5. The van der Waals surface area contributed by atoms with Crippen molar-refractivity contribution in [3.05, 3.63) is 0 Å². The molecule has 26 heavy (non-hydrogen) atoms. The smallest absolute Gasteiger partial charge is 0.409 e. The number of piperazine rings is 2. The van der Waals surface area contributed by atoms with Crippen molar-refractivity contribution in [3.63, 3.8) is 0 Å². The molecule has 0 radical (unpaired) electrons. The van der Waals surface area contributed by atoms with Crippen molar-refractivity contribution in [2.45, 2.75) is 20.8 Å². The fourth-order valence-corrected chi connectivity index (χ4v) is 2.90. The summed E-state index contributed by atoms with van der Waals surface area (Å²) in [7, 11) is 0. The van der Waals surface area contributed by atoms with E-state index in [1.54, 1.807) is 9.80 Å². The third-order valence-electron chi connectivity index (χ3n) is 4.54. The van der Waals surface area contributed by atoms with E-state index in [0.29, 0.717) is 52.4 Å². The molecule has 2 aliphatic rings. The third kappa shape index (κ3) is 4.86. The van der Waals surface area contributed by atoms with Gasteiger partial charge in [-0.05, 0) is 12.8 Å². The van der Waals surface area contributed by atoms with Gasteiger partial charge in [0.1, 0.15) is 6.54 Å². The Balaban J connectivity index is 1.79. The second-order valence-electron chi connectivity index (χ2n) is 6.95. The lowest BCUT2D eigenvalue weighted by Gasteiger charge is -2.37. The van der Waals surface area contributed by atoms with Gasteiger partial charge in [0.2, 0.25) is 5.91 Å². The van der Waals surface area contributed by atoms with E-state index >= 15 is 0 Å². The van der Waals surface area contributed by atoms with E-state index in [1.165, 1.54) is 9.80 Å². The maximum Gasteiger partial charge on any atom is 0.409 e. The van der Waals surface area contributed by atoms with Gasteiger partial charge in [0.15, 0.2) is 0 Å². The standard InChI is InChI=1S/C17H28N4O5/c1-4-18-5-10-21(16(24)15(18)23)11-14(22)19-6-8-20(9-7-19)17(25)26-12-13(2)3/h13H,4-12H2,1-3H3. The SMILES string of the molecule is CCN1CCN(CC(=O)N2CCN(C(=O)OCC(C)C)CC2)C(=O)C1=O. The van der Waals surface area contributed by atoms with E-state index in [9.17, 15) is 19.2 Å². The van der Waals surface area contributed by atoms with Gasteiger partial charge in [-0.2, -0.15) is 0 Å². The van der Waals surface area contributed by atoms with Gasteiger partial charge in [-0.25, -0.2) is 4.79 Å². The number of ether oxygens (including phenoxy) is 1. The molecule has 0 N–H and O–H groups in total. The van der Waals surface area contributed by atoms with E-state index in [1.807, 2.05) is 20.8 Å². The van der Waals surface area contributed by atoms with E-state index in [-0.39, 0.29) is 24.5 Å². The Morgan fingerprint density at radius 2 is 1.46 bits per heavy atom. The van der Waals surface area contributed by atoms with Crippen LogP contribution in [0.25, 0.3) is 0 Å². The topological polar surface area (TPSA) is 90.5 Å². The molecule has 0 unspecified atom stereocenters. The summed E-state index contributed by atoms with van der Waals surface area (Å²) in [5.41, 5.74) is 0. The van der Waals surface area contributed by atoms with E-state index in [2.05, 4.69) is 0 Å². The molecule has 0 saturated carbocycles. The zero-order valence-electron chi connectivity index (χ0n) is 15.8. The second kappa shape index (κ2) is 8.86. The summed E-state index contributed by atoms with van der Waals surface area (Å²) in [6.45, 7) is 8.93. The molecule has 4 amide bonds. The first-order valence-corrected chi connectivity index (χ1v) is 9.11. The van der Waals surface area contributed by atoms with Gasteiger partial charge in [-0.3, -0.25) is 14.4 Å². The van der Waals surface area contributed by atoms with Crippen LogP contribution in [0.3, 0.4) is 0 Å². The monoisotopic (exact) mass is 368 g/mol. The molecule has 2 aliphatic heterocycles. The van der Waals surface area contributed by atoms with Gasteiger partial charge in [-0.15, -0.1) is 0 Å². The maximum atomic E-state index is 12.4. The van der Waals surface area contributed by atoms with Crippen LogP contribution in [0.15, 0.2) is 0 Å². The van der Waals surface area contributed by atoms with Crippen molar-refractivity contribution >= 4 is 23.8 Å². The molecule has 146 valence electrons. The van der Waals surface area contributed by atoms with Crippen LogP contribution in [0, 0.1) is 5.92 Å². The van der Waals surface area contributed by atoms with Crippen LogP contribution in [0.2, 0.25) is 0 Å². The van der Waals surface area contributed by atoms with Crippen molar-refractivity contribution in [1.82, 2.24) is 19.6 Å². The lowest BCUT2D eigenvalue weighted by Crippen LogP contribution is -2.58. The molecule has 2 rings (SSSR count). The highest BCUT2D eigenvalue weighted by Gasteiger charge is 2.34. The molecule has 0 spiro atoms. The molecule has 0 bridgehead atoms. The largest absolute Gasteiger partial charge is 0.449 e. The van der Waals surface area contributed by atoms with Crippen LogP contribution in [-0.4, -0.2) is 102 Å². The van der Waals surface area contributed by atoms with Crippen LogP contribution in [0.4, 0.5) is 4.79 Å². The number of carbonyl (C=O) groups is 4. The molecule has 0 aromatic carbocycles. The van der Waals surface area contributed by atoms with Gasteiger partial charge in [-0.1, -0.05) is 13.8 Å². The Hall–Kier alpha value is -2.32. The Labute approximate surface area is 153 Å². The highest BCUT2D eigenvalue weighted by Crippen LogP contribution is 2.09. The summed E-state index contributed by atoms with van der Waals surface area (Å²) in [5.74, 6) is -1.10. The fourth-order valence-electron chi connectivity index (χ4n) is 2.90. The summed E-state index contributed by atoms with van der Waals surface area (Å²) in [6.07, 6.45) is -0.359. The zero-order chi connectivity index (χ0) is 19.3. The Bertz CT molecular complexity index is 557. The zero-order valence-corrected chi connectivity index (χ0v) is 15.8. The molecular weight excluding hydrogens is 340 g/mol. The normalized spacial score (nSPS) is 18.6. The van der Waals surface area contributed by atoms with E-state index in [0.717, 1.165) is 0 Å². The summed E-state index contributed by atoms with van der Waals surface area (Å²) in [5, 5.41) is 0. The van der Waals surface area contributed by atoms with Gasteiger partial charge in [0, 0.05) is 45.8 Å². The molecule has 9 nitrogen and oxygen atoms in total. The molecule has 0 aliphatic carbocycles. The summed E-state index contributed by atoms with van der Waals surface area (Å²) in [6, 6.07) is 0. The maximum absolute atomic E-state index is 12.4. The molecule has 0 aromatic rings. The first kappa shape index (κ1) is 20.0. The minimum absolute atomic E-state index is 0.0973. The number of amides is 4.